The van der Waals surface area contributed by atoms with Gasteiger partial charge in [-0.1, -0.05) is 12.2 Å². The fourth-order valence-electron chi connectivity index (χ4n) is 2.23. The highest BCUT2D eigenvalue weighted by Crippen LogP contribution is 2.38. The van der Waals surface area contributed by atoms with Crippen molar-refractivity contribution in [3.63, 3.8) is 0 Å². The lowest BCUT2D eigenvalue weighted by molar-refractivity contribution is -0.404. The molecule has 26 heavy (non-hydrogen) atoms. The third-order valence-electron chi connectivity index (χ3n) is 3.48. The second-order valence-electron chi connectivity index (χ2n) is 5.12. The zero-order valence-electron chi connectivity index (χ0n) is 13.1. The van der Waals surface area contributed by atoms with Gasteiger partial charge in [-0.25, -0.2) is 0 Å². The molecule has 0 atom stereocenters. The highest BCUT2D eigenvalue weighted by atomic mass is 16.6. The number of phenols is 1. The van der Waals surface area contributed by atoms with Gasteiger partial charge < -0.3 is 5.11 Å². The molecule has 0 unspecified atom stereocenters. The Kier molecular flexibility index (Phi) is 5.53. The van der Waals surface area contributed by atoms with Crippen LogP contribution in [0.5, 0.6) is 5.75 Å². The molecule has 0 bridgehead atoms. The topological polar surface area (TPSA) is 163 Å². The number of hydrogen-bond acceptors (Lipinski definition) is 8. The highest BCUT2D eigenvalue weighted by Gasteiger charge is 2.30. The van der Waals surface area contributed by atoms with Gasteiger partial charge in [0, 0.05) is 12.4 Å². The molecule has 1 aliphatic rings. The predicted octanol–water partition coefficient (Wildman–Crippen LogP) is 3.16. The number of non-ortho nitro benzene ring substituents is 1. The molecular weight excluding hydrogens is 348 g/mol. The van der Waals surface area contributed by atoms with Crippen LogP contribution in [0.1, 0.15) is 17.5 Å². The number of aromatic hydroxyl groups is 1. The molecule has 0 amide bonds. The van der Waals surface area contributed by atoms with Crippen LogP contribution in [0.25, 0.3) is 6.08 Å². The van der Waals surface area contributed by atoms with Crippen LogP contribution in [-0.4, -0.2) is 24.9 Å². The molecule has 1 aromatic heterocycles. The number of pyridine rings is 1. The Hall–Kier alpha value is -3.89. The van der Waals surface area contributed by atoms with Crippen molar-refractivity contribution >= 4 is 23.1 Å². The van der Waals surface area contributed by atoms with Crippen LogP contribution in [0, 0.1) is 30.3 Å². The summed E-state index contributed by atoms with van der Waals surface area (Å²) >= 11 is 0. The van der Waals surface area contributed by atoms with E-state index in [4.69, 9.17) is 5.11 Å². The van der Waals surface area contributed by atoms with Gasteiger partial charge in [0.25, 0.3) is 11.4 Å². The van der Waals surface area contributed by atoms with Crippen LogP contribution in [0.15, 0.2) is 36.7 Å². The first-order chi connectivity index (χ1) is 12.3. The maximum absolute atomic E-state index is 10.4. The van der Waals surface area contributed by atoms with Crippen molar-refractivity contribution < 1.29 is 19.9 Å². The second kappa shape index (κ2) is 7.79. The van der Waals surface area contributed by atoms with Crippen molar-refractivity contribution in [3.8, 4) is 5.75 Å². The Labute approximate surface area is 145 Å². The third kappa shape index (κ3) is 4.14. The van der Waals surface area contributed by atoms with Crippen molar-refractivity contribution in [2.24, 2.45) is 0 Å². The molecule has 1 aromatic carbocycles. The van der Waals surface area contributed by atoms with Gasteiger partial charge in [0.15, 0.2) is 0 Å². The van der Waals surface area contributed by atoms with E-state index in [1.165, 1.54) is 17.5 Å². The van der Waals surface area contributed by atoms with Crippen LogP contribution in [0.4, 0.5) is 17.1 Å². The minimum Gasteiger partial charge on any atom is -0.497 e. The Morgan fingerprint density at radius 1 is 1.00 bits per heavy atom. The molecule has 1 heterocycles. The molecule has 0 saturated heterocycles. The van der Waals surface area contributed by atoms with Crippen LogP contribution in [0.2, 0.25) is 0 Å². The first-order valence-electron chi connectivity index (χ1n) is 7.21. The Bertz CT molecular complexity index is 876. The van der Waals surface area contributed by atoms with Crippen LogP contribution in [-0.2, 0) is 6.42 Å². The smallest absolute Gasteiger partial charge is 0.324 e. The molecule has 0 aliphatic heterocycles. The normalized spacial score (nSPS) is 11.7. The van der Waals surface area contributed by atoms with E-state index in [1.807, 2.05) is 12.4 Å². The fourth-order valence-corrected chi connectivity index (χ4v) is 2.23. The number of fused-ring (bicyclic) bond motifs is 1. The molecule has 11 heteroatoms. The minimum atomic E-state index is -1.21. The van der Waals surface area contributed by atoms with Crippen molar-refractivity contribution in [2.75, 3.05) is 0 Å². The van der Waals surface area contributed by atoms with E-state index >= 15 is 0 Å². The SMILES string of the molecule is C1=Cc2ccncc2CC1.O=[N+]([O-])c1cc([N+](=O)[O-])c(O)c([N+](=O)[O-])c1. The Morgan fingerprint density at radius 2 is 1.62 bits per heavy atom. The average Bonchev–Trinajstić information content (AvgIpc) is 2.61. The highest BCUT2D eigenvalue weighted by molar-refractivity contribution is 5.64. The number of nitro benzene ring substituents is 3. The number of aryl methyl sites for hydroxylation is 1. The summed E-state index contributed by atoms with van der Waals surface area (Å²) in [5, 5.41) is 40.2. The number of aromatic nitrogens is 1. The largest absolute Gasteiger partial charge is 0.497 e. The van der Waals surface area contributed by atoms with E-state index in [0.29, 0.717) is 12.1 Å². The van der Waals surface area contributed by atoms with E-state index in [-0.39, 0.29) is 0 Å². The van der Waals surface area contributed by atoms with Gasteiger partial charge in [-0.05, 0) is 30.0 Å². The lowest BCUT2D eigenvalue weighted by Gasteiger charge is -2.07. The number of nitrogens with zero attached hydrogens (tertiary/aromatic N) is 4. The first-order valence-corrected chi connectivity index (χ1v) is 7.21. The molecule has 11 nitrogen and oxygen atoms in total. The predicted molar refractivity (Wildman–Crippen MR) is 89.7 cm³/mol. The molecule has 2 aromatic rings. The van der Waals surface area contributed by atoms with E-state index in [9.17, 15) is 30.3 Å². The fraction of sp³-hybridized carbons (Fsp3) is 0.133. The van der Waals surface area contributed by atoms with E-state index in [0.717, 1.165) is 6.42 Å². The molecule has 0 saturated carbocycles. The summed E-state index contributed by atoms with van der Waals surface area (Å²) in [5.74, 6) is -1.21. The monoisotopic (exact) mass is 360 g/mol. The average molecular weight is 360 g/mol. The van der Waals surface area contributed by atoms with Gasteiger partial charge in [-0.15, -0.1) is 0 Å². The number of hydrogen-bond donors (Lipinski definition) is 1. The Balaban J connectivity index is 0.000000206. The van der Waals surface area contributed by atoms with E-state index < -0.39 is 37.6 Å². The molecule has 1 aliphatic carbocycles. The lowest BCUT2D eigenvalue weighted by Crippen LogP contribution is -1.97. The summed E-state index contributed by atoms with van der Waals surface area (Å²) in [6.45, 7) is 0. The second-order valence-corrected chi connectivity index (χ2v) is 5.12. The summed E-state index contributed by atoms with van der Waals surface area (Å²) in [7, 11) is 0. The number of nitro groups is 3. The molecule has 0 radical (unpaired) electrons. The summed E-state index contributed by atoms with van der Waals surface area (Å²) in [5.41, 5.74) is -0.288. The Morgan fingerprint density at radius 3 is 2.12 bits per heavy atom. The van der Waals surface area contributed by atoms with Gasteiger partial charge >= 0.3 is 11.4 Å². The quantitative estimate of drug-likeness (QED) is 0.644. The van der Waals surface area contributed by atoms with Crippen molar-refractivity contribution in [2.45, 2.75) is 12.8 Å². The van der Waals surface area contributed by atoms with Gasteiger partial charge in [0.1, 0.15) is 0 Å². The molecule has 1 N–H and O–H groups in total. The number of allylic oxidation sites excluding steroid dienone is 1. The number of rotatable bonds is 3. The molecule has 0 fully saturated rings. The molecule has 0 spiro atoms. The van der Waals surface area contributed by atoms with Gasteiger partial charge in [0.2, 0.25) is 0 Å². The van der Waals surface area contributed by atoms with Crippen LogP contribution < -0.4 is 0 Å². The van der Waals surface area contributed by atoms with Gasteiger partial charge in [-0.3, -0.25) is 35.3 Å². The first kappa shape index (κ1) is 18.4. The van der Waals surface area contributed by atoms with Crippen molar-refractivity contribution in [3.05, 3.63) is 78.1 Å². The molecule has 134 valence electrons. The minimum absolute atomic E-state index is 0.447. The van der Waals surface area contributed by atoms with Crippen LogP contribution >= 0.6 is 0 Å². The van der Waals surface area contributed by atoms with E-state index in [2.05, 4.69) is 23.2 Å². The maximum Gasteiger partial charge on any atom is 0.324 e. The lowest BCUT2D eigenvalue weighted by atomic mass is 10.0. The van der Waals surface area contributed by atoms with Gasteiger partial charge in [0.05, 0.1) is 26.9 Å². The zero-order valence-corrected chi connectivity index (χ0v) is 13.1. The third-order valence-corrected chi connectivity index (χ3v) is 3.48. The van der Waals surface area contributed by atoms with Crippen molar-refractivity contribution in [1.29, 1.82) is 0 Å². The van der Waals surface area contributed by atoms with Gasteiger partial charge in [-0.2, -0.15) is 0 Å². The van der Waals surface area contributed by atoms with Crippen LogP contribution in [0.3, 0.4) is 0 Å². The molecular formula is C15H12N4O7. The standard InChI is InChI=1S/C9H9N.C6H3N3O7/c1-2-4-9-7-10-6-5-8(9)3-1;10-6-4(8(13)14)1-3(7(11)12)2-5(6)9(15)16/h1,3,5-7H,2,4H2;1-2,10H. The van der Waals surface area contributed by atoms with E-state index in [1.54, 1.807) is 0 Å². The summed E-state index contributed by atoms with van der Waals surface area (Å²) in [6, 6.07) is 2.95. The number of benzene rings is 1. The summed E-state index contributed by atoms with van der Waals surface area (Å²) in [4.78, 5) is 31.8. The zero-order chi connectivity index (χ0) is 19.3. The summed E-state index contributed by atoms with van der Waals surface area (Å²) in [6.07, 6.45) is 10.5. The maximum atomic E-state index is 10.4. The van der Waals surface area contributed by atoms with Crippen molar-refractivity contribution in [1.82, 2.24) is 4.98 Å². The summed E-state index contributed by atoms with van der Waals surface area (Å²) < 4.78 is 0. The number of phenolic OH excluding ortho intramolecular Hbond substituents is 1. The molecule has 3 rings (SSSR count).